The van der Waals surface area contributed by atoms with Gasteiger partial charge >= 0.3 is 6.18 Å². The fourth-order valence-corrected chi connectivity index (χ4v) is 1.85. The lowest BCUT2D eigenvalue weighted by molar-refractivity contribution is -0.137. The van der Waals surface area contributed by atoms with Crippen LogP contribution in [0, 0.1) is 0 Å². The number of hydrogen-bond acceptors (Lipinski definition) is 2. The molecule has 0 fully saturated rings. The second kappa shape index (κ2) is 5.43. The van der Waals surface area contributed by atoms with Crippen molar-refractivity contribution in [3.63, 3.8) is 0 Å². The Balaban J connectivity index is 2.28. The van der Waals surface area contributed by atoms with E-state index in [1.165, 1.54) is 29.1 Å². The highest BCUT2D eigenvalue weighted by Crippen LogP contribution is 2.30. The molecule has 7 heteroatoms. The SMILES string of the molecule is C=Cc1cnn(C)c1C(=O)Nc1cccc(C(F)(F)F)c1. The zero-order valence-electron chi connectivity index (χ0n) is 11.1. The van der Waals surface area contributed by atoms with Gasteiger partial charge in [0.15, 0.2) is 0 Å². The first-order valence-corrected chi connectivity index (χ1v) is 5.96. The maximum absolute atomic E-state index is 12.6. The predicted molar refractivity (Wildman–Crippen MR) is 72.7 cm³/mol. The van der Waals surface area contributed by atoms with Gasteiger partial charge in [0.25, 0.3) is 5.91 Å². The van der Waals surface area contributed by atoms with E-state index in [4.69, 9.17) is 0 Å². The summed E-state index contributed by atoms with van der Waals surface area (Å²) in [6, 6.07) is 4.43. The van der Waals surface area contributed by atoms with Crippen LogP contribution in [0.3, 0.4) is 0 Å². The minimum absolute atomic E-state index is 0.0611. The van der Waals surface area contributed by atoms with Crippen LogP contribution in [0.4, 0.5) is 18.9 Å². The van der Waals surface area contributed by atoms with Gasteiger partial charge in [0.05, 0.1) is 11.8 Å². The molecule has 0 unspecified atom stereocenters. The van der Waals surface area contributed by atoms with Gasteiger partial charge in [-0.25, -0.2) is 0 Å². The Morgan fingerprint density at radius 1 is 1.43 bits per heavy atom. The van der Waals surface area contributed by atoms with Crippen molar-refractivity contribution in [1.82, 2.24) is 9.78 Å². The number of rotatable bonds is 3. The number of aromatic nitrogens is 2. The number of hydrogen-bond donors (Lipinski definition) is 1. The Labute approximate surface area is 118 Å². The van der Waals surface area contributed by atoms with Crippen molar-refractivity contribution in [2.45, 2.75) is 6.18 Å². The molecule has 4 nitrogen and oxygen atoms in total. The zero-order valence-corrected chi connectivity index (χ0v) is 11.1. The molecule has 0 aliphatic carbocycles. The second-order valence-corrected chi connectivity index (χ2v) is 4.31. The number of carbonyl (C=O) groups excluding carboxylic acids is 1. The van der Waals surface area contributed by atoms with Crippen LogP contribution in [0.25, 0.3) is 6.08 Å². The zero-order chi connectivity index (χ0) is 15.6. The van der Waals surface area contributed by atoms with Crippen molar-refractivity contribution in [2.24, 2.45) is 7.05 Å². The van der Waals surface area contributed by atoms with Gasteiger partial charge in [0.1, 0.15) is 5.69 Å². The third-order valence-electron chi connectivity index (χ3n) is 2.85. The minimum atomic E-state index is -4.46. The molecule has 1 aromatic heterocycles. The summed E-state index contributed by atoms with van der Waals surface area (Å²) in [7, 11) is 1.56. The molecule has 21 heavy (non-hydrogen) atoms. The maximum Gasteiger partial charge on any atom is 0.416 e. The van der Waals surface area contributed by atoms with Crippen LogP contribution in [-0.2, 0) is 13.2 Å². The summed E-state index contributed by atoms with van der Waals surface area (Å²) >= 11 is 0. The summed E-state index contributed by atoms with van der Waals surface area (Å²) in [5.41, 5.74) is -0.0373. The van der Waals surface area contributed by atoms with Crippen molar-refractivity contribution < 1.29 is 18.0 Å². The van der Waals surface area contributed by atoms with E-state index < -0.39 is 17.6 Å². The molecule has 1 aromatic carbocycles. The Hall–Kier alpha value is -2.57. The lowest BCUT2D eigenvalue weighted by Gasteiger charge is -2.10. The summed E-state index contributed by atoms with van der Waals surface area (Å²) in [5, 5.41) is 6.34. The molecule has 0 aliphatic rings. The number of aryl methyl sites for hydroxylation is 1. The average Bonchev–Trinajstić information content (AvgIpc) is 2.79. The largest absolute Gasteiger partial charge is 0.416 e. The monoisotopic (exact) mass is 295 g/mol. The molecule has 0 saturated carbocycles. The highest BCUT2D eigenvalue weighted by molar-refractivity contribution is 6.05. The lowest BCUT2D eigenvalue weighted by atomic mass is 10.2. The van der Waals surface area contributed by atoms with Crippen molar-refractivity contribution >= 4 is 17.7 Å². The Morgan fingerprint density at radius 3 is 2.76 bits per heavy atom. The van der Waals surface area contributed by atoms with E-state index in [0.717, 1.165) is 12.1 Å². The summed E-state index contributed by atoms with van der Waals surface area (Å²) in [6.45, 7) is 3.56. The molecule has 1 heterocycles. The fourth-order valence-electron chi connectivity index (χ4n) is 1.85. The Bertz CT molecular complexity index is 689. The van der Waals surface area contributed by atoms with Crippen LogP contribution in [0.5, 0.6) is 0 Å². The van der Waals surface area contributed by atoms with Crippen LogP contribution < -0.4 is 5.32 Å². The van der Waals surface area contributed by atoms with E-state index in [9.17, 15) is 18.0 Å². The molecule has 1 N–H and O–H groups in total. The molecule has 2 aromatic rings. The van der Waals surface area contributed by atoms with Gasteiger partial charge in [0, 0.05) is 18.3 Å². The van der Waals surface area contributed by atoms with Crippen LogP contribution in [-0.4, -0.2) is 15.7 Å². The van der Waals surface area contributed by atoms with Gasteiger partial charge in [-0.05, 0) is 18.2 Å². The lowest BCUT2D eigenvalue weighted by Crippen LogP contribution is -2.17. The molecule has 110 valence electrons. The number of amides is 1. The molecular weight excluding hydrogens is 283 g/mol. The van der Waals surface area contributed by atoms with Gasteiger partial charge in [-0.3, -0.25) is 9.48 Å². The van der Waals surface area contributed by atoms with Crippen molar-refractivity contribution in [3.8, 4) is 0 Å². The minimum Gasteiger partial charge on any atom is -0.321 e. The van der Waals surface area contributed by atoms with Gasteiger partial charge in [-0.1, -0.05) is 18.7 Å². The molecule has 0 saturated heterocycles. The molecule has 0 atom stereocenters. The van der Waals surface area contributed by atoms with Crippen LogP contribution in [0.15, 0.2) is 37.0 Å². The Kier molecular flexibility index (Phi) is 3.84. The van der Waals surface area contributed by atoms with Gasteiger partial charge in [0.2, 0.25) is 0 Å². The molecular formula is C14H12F3N3O. The quantitative estimate of drug-likeness (QED) is 0.944. The van der Waals surface area contributed by atoms with Crippen molar-refractivity contribution in [1.29, 1.82) is 0 Å². The predicted octanol–water partition coefficient (Wildman–Crippen LogP) is 3.33. The highest BCUT2D eigenvalue weighted by Gasteiger charge is 2.30. The fraction of sp³-hybridized carbons (Fsp3) is 0.143. The van der Waals surface area contributed by atoms with Crippen LogP contribution in [0.1, 0.15) is 21.6 Å². The summed E-state index contributed by atoms with van der Waals surface area (Å²) in [4.78, 5) is 12.1. The first-order chi connectivity index (χ1) is 9.82. The van der Waals surface area contributed by atoms with E-state index in [2.05, 4.69) is 17.0 Å². The molecule has 0 bridgehead atoms. The van der Waals surface area contributed by atoms with E-state index in [-0.39, 0.29) is 11.4 Å². The van der Waals surface area contributed by atoms with Crippen molar-refractivity contribution in [3.05, 3.63) is 53.9 Å². The first-order valence-electron chi connectivity index (χ1n) is 5.96. The number of nitrogens with one attached hydrogen (secondary N) is 1. The Morgan fingerprint density at radius 2 is 2.14 bits per heavy atom. The van der Waals surface area contributed by atoms with Crippen molar-refractivity contribution in [2.75, 3.05) is 5.32 Å². The average molecular weight is 295 g/mol. The highest BCUT2D eigenvalue weighted by atomic mass is 19.4. The van der Waals surface area contributed by atoms with Gasteiger partial charge in [-0.15, -0.1) is 0 Å². The number of alkyl halides is 3. The van der Waals surface area contributed by atoms with Crippen LogP contribution in [0.2, 0.25) is 0 Å². The molecule has 2 rings (SSSR count). The van der Waals surface area contributed by atoms with E-state index in [0.29, 0.717) is 5.56 Å². The van der Waals surface area contributed by atoms with Gasteiger partial charge < -0.3 is 5.32 Å². The second-order valence-electron chi connectivity index (χ2n) is 4.31. The van der Waals surface area contributed by atoms with Gasteiger partial charge in [-0.2, -0.15) is 18.3 Å². The molecule has 1 amide bonds. The third kappa shape index (κ3) is 3.13. The smallest absolute Gasteiger partial charge is 0.321 e. The molecule has 0 aliphatic heterocycles. The number of carbonyl (C=O) groups is 1. The number of anilines is 1. The summed E-state index contributed by atoms with van der Waals surface area (Å²) in [5.74, 6) is -0.552. The molecule has 0 spiro atoms. The first kappa shape index (κ1) is 14.8. The van der Waals surface area contributed by atoms with E-state index in [1.54, 1.807) is 7.05 Å². The summed E-state index contributed by atoms with van der Waals surface area (Å²) < 4.78 is 39.2. The topological polar surface area (TPSA) is 46.9 Å². The molecule has 0 radical (unpaired) electrons. The number of benzene rings is 1. The normalized spacial score (nSPS) is 11.2. The van der Waals surface area contributed by atoms with E-state index >= 15 is 0 Å². The summed E-state index contributed by atoms with van der Waals surface area (Å²) in [6.07, 6.45) is -1.55. The number of halogens is 3. The third-order valence-corrected chi connectivity index (χ3v) is 2.85. The van der Waals surface area contributed by atoms with E-state index in [1.807, 2.05) is 0 Å². The standard InChI is InChI=1S/C14H12F3N3O/c1-3-9-8-18-20(2)12(9)13(21)19-11-6-4-5-10(7-11)14(15,16)17/h3-8H,1H2,2H3,(H,19,21). The van der Waals surface area contributed by atoms with Crippen LogP contribution >= 0.6 is 0 Å². The number of nitrogens with zero attached hydrogens (tertiary/aromatic N) is 2. The maximum atomic E-state index is 12.6.